The fourth-order valence-electron chi connectivity index (χ4n) is 3.05. The first-order valence-corrected chi connectivity index (χ1v) is 8.44. The molecule has 5 nitrogen and oxygen atoms in total. The number of halogens is 1. The second-order valence-electron chi connectivity index (χ2n) is 5.59. The summed E-state index contributed by atoms with van der Waals surface area (Å²) < 4.78 is 6.97. The van der Waals surface area contributed by atoms with Crippen LogP contribution in [0.25, 0.3) is 0 Å². The van der Waals surface area contributed by atoms with Gasteiger partial charge in [0.05, 0.1) is 15.9 Å². The highest BCUT2D eigenvalue weighted by Crippen LogP contribution is 2.30. The van der Waals surface area contributed by atoms with Crippen molar-refractivity contribution < 1.29 is 4.74 Å². The SMILES string of the molecule is CCCc1nc(C2CN3CCCC3CO2)nc(N)c1I. The van der Waals surface area contributed by atoms with E-state index >= 15 is 0 Å². The lowest BCUT2D eigenvalue weighted by molar-refractivity contribution is -0.0541. The monoisotopic (exact) mass is 388 g/mol. The Morgan fingerprint density at radius 2 is 2.30 bits per heavy atom. The summed E-state index contributed by atoms with van der Waals surface area (Å²) >= 11 is 2.24. The maximum absolute atomic E-state index is 6.04. The summed E-state index contributed by atoms with van der Waals surface area (Å²) in [4.78, 5) is 11.7. The lowest BCUT2D eigenvalue weighted by atomic mass is 10.1. The first-order valence-electron chi connectivity index (χ1n) is 7.36. The Balaban J connectivity index is 1.82. The molecule has 2 N–H and O–H groups in total. The van der Waals surface area contributed by atoms with Crippen LogP contribution in [-0.4, -0.2) is 40.6 Å². The molecule has 20 heavy (non-hydrogen) atoms. The summed E-state index contributed by atoms with van der Waals surface area (Å²) in [7, 11) is 0. The molecule has 0 spiro atoms. The maximum atomic E-state index is 6.04. The number of nitrogens with zero attached hydrogens (tertiary/aromatic N) is 3. The van der Waals surface area contributed by atoms with Gasteiger partial charge in [-0.05, 0) is 48.4 Å². The third-order valence-corrected chi connectivity index (χ3v) is 5.30. The Bertz CT molecular complexity index is 496. The first kappa shape index (κ1) is 14.5. The van der Waals surface area contributed by atoms with Crippen molar-refractivity contribution in [3.63, 3.8) is 0 Å². The Hall–Kier alpha value is -0.470. The lowest BCUT2D eigenvalue weighted by Gasteiger charge is -2.34. The smallest absolute Gasteiger partial charge is 0.161 e. The Labute approximate surface area is 133 Å². The molecule has 2 fully saturated rings. The van der Waals surface area contributed by atoms with Gasteiger partial charge in [0, 0.05) is 12.6 Å². The molecule has 2 atom stereocenters. The van der Waals surface area contributed by atoms with Gasteiger partial charge in [0.1, 0.15) is 11.9 Å². The van der Waals surface area contributed by atoms with E-state index in [1.165, 1.54) is 19.4 Å². The molecule has 0 saturated carbocycles. The third kappa shape index (κ3) is 2.78. The van der Waals surface area contributed by atoms with E-state index < -0.39 is 0 Å². The molecule has 110 valence electrons. The summed E-state index contributed by atoms with van der Waals surface area (Å²) in [5.41, 5.74) is 7.10. The number of fused-ring (bicyclic) bond motifs is 1. The summed E-state index contributed by atoms with van der Waals surface area (Å²) in [5.74, 6) is 1.35. The molecular weight excluding hydrogens is 367 g/mol. The molecule has 2 aliphatic rings. The Morgan fingerprint density at radius 1 is 1.45 bits per heavy atom. The zero-order valence-electron chi connectivity index (χ0n) is 11.8. The number of hydrogen-bond acceptors (Lipinski definition) is 5. The van der Waals surface area contributed by atoms with E-state index in [1.807, 2.05) is 0 Å². The van der Waals surface area contributed by atoms with Gasteiger partial charge in [-0.15, -0.1) is 0 Å². The average Bonchev–Trinajstić information content (AvgIpc) is 2.91. The Morgan fingerprint density at radius 3 is 3.10 bits per heavy atom. The van der Waals surface area contributed by atoms with Crippen LogP contribution >= 0.6 is 22.6 Å². The van der Waals surface area contributed by atoms with Crippen LogP contribution in [0.15, 0.2) is 0 Å². The Kier molecular flexibility index (Phi) is 4.42. The van der Waals surface area contributed by atoms with Crippen LogP contribution in [0.1, 0.15) is 43.8 Å². The molecule has 0 aromatic carbocycles. The van der Waals surface area contributed by atoms with Gasteiger partial charge in [0.2, 0.25) is 0 Å². The van der Waals surface area contributed by atoms with E-state index in [1.54, 1.807) is 0 Å². The molecule has 2 aliphatic heterocycles. The third-order valence-electron chi connectivity index (χ3n) is 4.13. The molecule has 6 heteroatoms. The summed E-state index contributed by atoms with van der Waals surface area (Å²) in [6, 6.07) is 0.600. The zero-order chi connectivity index (χ0) is 14.1. The second-order valence-corrected chi connectivity index (χ2v) is 6.67. The van der Waals surface area contributed by atoms with Gasteiger partial charge in [-0.3, -0.25) is 4.90 Å². The van der Waals surface area contributed by atoms with Crippen molar-refractivity contribution in [2.24, 2.45) is 0 Å². The van der Waals surface area contributed by atoms with E-state index in [0.29, 0.717) is 11.9 Å². The molecule has 2 saturated heterocycles. The number of rotatable bonds is 3. The van der Waals surface area contributed by atoms with Gasteiger partial charge in [-0.1, -0.05) is 13.3 Å². The van der Waals surface area contributed by atoms with E-state index in [0.717, 1.165) is 41.1 Å². The number of nitrogen functional groups attached to an aromatic ring is 1. The average molecular weight is 388 g/mol. The number of hydrogen-bond donors (Lipinski definition) is 1. The van der Waals surface area contributed by atoms with E-state index in [2.05, 4.69) is 39.4 Å². The highest BCUT2D eigenvalue weighted by molar-refractivity contribution is 14.1. The van der Waals surface area contributed by atoms with Crippen LogP contribution in [0, 0.1) is 3.57 Å². The molecule has 3 rings (SSSR count). The predicted molar refractivity (Wildman–Crippen MR) is 86.4 cm³/mol. The lowest BCUT2D eigenvalue weighted by Crippen LogP contribution is -2.43. The van der Waals surface area contributed by atoms with E-state index in [9.17, 15) is 0 Å². The molecule has 0 radical (unpaired) electrons. The molecule has 0 aliphatic carbocycles. The molecular formula is C14H21IN4O. The van der Waals surface area contributed by atoms with Crippen molar-refractivity contribution in [2.45, 2.75) is 44.8 Å². The number of aryl methyl sites for hydroxylation is 1. The molecule has 1 aromatic heterocycles. The van der Waals surface area contributed by atoms with Crippen molar-refractivity contribution in [1.29, 1.82) is 0 Å². The van der Waals surface area contributed by atoms with Crippen molar-refractivity contribution in [1.82, 2.24) is 14.9 Å². The van der Waals surface area contributed by atoms with Gasteiger partial charge in [-0.2, -0.15) is 0 Å². The quantitative estimate of drug-likeness (QED) is 0.805. The van der Waals surface area contributed by atoms with Crippen LogP contribution in [0.3, 0.4) is 0 Å². The summed E-state index contributed by atoms with van der Waals surface area (Å²) in [6.07, 6.45) is 4.50. The van der Waals surface area contributed by atoms with Gasteiger partial charge >= 0.3 is 0 Å². The van der Waals surface area contributed by atoms with E-state index in [4.69, 9.17) is 15.5 Å². The fourth-order valence-corrected chi connectivity index (χ4v) is 3.56. The highest BCUT2D eigenvalue weighted by Gasteiger charge is 2.34. The van der Waals surface area contributed by atoms with Crippen LogP contribution in [0.2, 0.25) is 0 Å². The normalized spacial score (nSPS) is 26.7. The molecule has 0 bridgehead atoms. The number of aromatic nitrogens is 2. The van der Waals surface area contributed by atoms with Gasteiger partial charge in [0.25, 0.3) is 0 Å². The molecule has 0 amide bonds. The van der Waals surface area contributed by atoms with Crippen LogP contribution in [0.5, 0.6) is 0 Å². The minimum atomic E-state index is -0.0285. The summed E-state index contributed by atoms with van der Waals surface area (Å²) in [5, 5.41) is 0. The van der Waals surface area contributed by atoms with Crippen LogP contribution < -0.4 is 5.73 Å². The molecule has 2 unspecified atom stereocenters. The van der Waals surface area contributed by atoms with Crippen LogP contribution in [0.4, 0.5) is 5.82 Å². The highest BCUT2D eigenvalue weighted by atomic mass is 127. The predicted octanol–water partition coefficient (Wildman–Crippen LogP) is 2.15. The van der Waals surface area contributed by atoms with Crippen LogP contribution in [-0.2, 0) is 11.2 Å². The second kappa shape index (κ2) is 6.11. The molecule has 1 aromatic rings. The van der Waals surface area contributed by atoms with Crippen molar-refractivity contribution in [3.8, 4) is 0 Å². The first-order chi connectivity index (χ1) is 9.69. The zero-order valence-corrected chi connectivity index (χ0v) is 14.0. The van der Waals surface area contributed by atoms with Crippen molar-refractivity contribution in [2.75, 3.05) is 25.4 Å². The van der Waals surface area contributed by atoms with E-state index in [-0.39, 0.29) is 6.10 Å². The molecule has 3 heterocycles. The largest absolute Gasteiger partial charge is 0.383 e. The number of nitrogens with two attached hydrogens (primary N) is 1. The van der Waals surface area contributed by atoms with Gasteiger partial charge < -0.3 is 10.5 Å². The van der Waals surface area contributed by atoms with Crippen molar-refractivity contribution >= 4 is 28.4 Å². The summed E-state index contributed by atoms with van der Waals surface area (Å²) in [6.45, 7) is 5.02. The number of anilines is 1. The van der Waals surface area contributed by atoms with Gasteiger partial charge in [0.15, 0.2) is 5.82 Å². The topological polar surface area (TPSA) is 64.3 Å². The standard InChI is InChI=1S/C14H21IN4O/c1-2-4-10-12(15)13(16)18-14(17-10)11-7-19-6-3-5-9(19)8-20-11/h9,11H,2-8H2,1H3,(H2,16,17,18). The number of morpholine rings is 1. The minimum Gasteiger partial charge on any atom is -0.383 e. The van der Waals surface area contributed by atoms with Gasteiger partial charge in [-0.25, -0.2) is 9.97 Å². The van der Waals surface area contributed by atoms with Crippen molar-refractivity contribution in [3.05, 3.63) is 15.1 Å². The number of ether oxygens (including phenoxy) is 1. The maximum Gasteiger partial charge on any atom is 0.161 e. The fraction of sp³-hybridized carbons (Fsp3) is 0.714. The minimum absolute atomic E-state index is 0.0285.